The van der Waals surface area contributed by atoms with Crippen molar-refractivity contribution in [2.75, 3.05) is 19.7 Å². The van der Waals surface area contributed by atoms with Crippen molar-refractivity contribution in [3.63, 3.8) is 0 Å². The lowest BCUT2D eigenvalue weighted by Crippen LogP contribution is -2.33. The molecule has 0 amide bonds. The van der Waals surface area contributed by atoms with Crippen molar-refractivity contribution in [1.29, 1.82) is 0 Å². The van der Waals surface area contributed by atoms with Gasteiger partial charge < -0.3 is 15.8 Å². The first kappa shape index (κ1) is 18.0. The average Bonchev–Trinajstić information content (AvgIpc) is 2.78. The number of hydrogen-bond donors (Lipinski definition) is 2. The molecule has 0 aromatic heterocycles. The normalized spacial score (nSPS) is 19.9. The van der Waals surface area contributed by atoms with Crippen molar-refractivity contribution in [3.05, 3.63) is 0 Å². The number of nitrogens with one attached hydrogen (secondary N) is 1. The molecule has 108 valence electrons. The number of ether oxygens (including phenoxy) is 1. The van der Waals surface area contributed by atoms with Crippen LogP contribution in [0.4, 0.5) is 0 Å². The molecule has 1 heterocycles. The fourth-order valence-corrected chi connectivity index (χ4v) is 1.94. The molecule has 5 heteroatoms. The van der Waals surface area contributed by atoms with E-state index in [9.17, 15) is 0 Å². The number of guanidine groups is 1. The Hall–Kier alpha value is -0.0400. The SMILES string of the molecule is CC(C)CCCCNC(N)=NCC1CCCO1.I. The maximum atomic E-state index is 5.78. The fraction of sp³-hybridized carbons (Fsp3) is 0.923. The van der Waals surface area contributed by atoms with Crippen LogP contribution >= 0.6 is 24.0 Å². The van der Waals surface area contributed by atoms with Crippen LogP contribution in [0.25, 0.3) is 0 Å². The van der Waals surface area contributed by atoms with Gasteiger partial charge in [-0.05, 0) is 25.2 Å². The second kappa shape index (κ2) is 10.8. The quantitative estimate of drug-likeness (QED) is 0.314. The molecule has 0 aliphatic carbocycles. The molecule has 0 bridgehead atoms. The highest BCUT2D eigenvalue weighted by atomic mass is 127. The number of unbranched alkanes of at least 4 members (excludes halogenated alkanes) is 1. The third kappa shape index (κ3) is 8.97. The molecule has 1 fully saturated rings. The molecular formula is C13H28IN3O. The molecule has 4 nitrogen and oxygen atoms in total. The van der Waals surface area contributed by atoms with Crippen LogP contribution in [0.3, 0.4) is 0 Å². The van der Waals surface area contributed by atoms with Gasteiger partial charge in [0.1, 0.15) is 0 Å². The maximum absolute atomic E-state index is 5.78. The van der Waals surface area contributed by atoms with Crippen molar-refractivity contribution >= 4 is 29.9 Å². The van der Waals surface area contributed by atoms with E-state index in [2.05, 4.69) is 24.2 Å². The zero-order valence-electron chi connectivity index (χ0n) is 11.7. The van der Waals surface area contributed by atoms with Gasteiger partial charge in [-0.15, -0.1) is 24.0 Å². The number of rotatable bonds is 7. The Balaban J connectivity index is 0.00000289. The van der Waals surface area contributed by atoms with Gasteiger partial charge in [-0.1, -0.05) is 26.7 Å². The van der Waals surface area contributed by atoms with E-state index in [1.54, 1.807) is 0 Å². The third-order valence-electron chi connectivity index (χ3n) is 3.00. The van der Waals surface area contributed by atoms with Crippen molar-refractivity contribution < 1.29 is 4.74 Å². The Kier molecular flexibility index (Phi) is 10.8. The van der Waals surface area contributed by atoms with Gasteiger partial charge in [0, 0.05) is 13.2 Å². The standard InChI is InChI=1S/C13H27N3O.HI/c1-11(2)6-3-4-8-15-13(14)16-10-12-7-5-9-17-12;/h11-12H,3-10H2,1-2H3,(H3,14,15,16);1H. The van der Waals surface area contributed by atoms with Crippen LogP contribution < -0.4 is 11.1 Å². The molecule has 0 saturated carbocycles. The second-order valence-corrected chi connectivity index (χ2v) is 5.18. The molecule has 0 radical (unpaired) electrons. The number of hydrogen-bond acceptors (Lipinski definition) is 2. The predicted octanol–water partition coefficient (Wildman–Crippen LogP) is 2.51. The highest BCUT2D eigenvalue weighted by Crippen LogP contribution is 2.11. The molecule has 0 aromatic rings. The molecule has 1 saturated heterocycles. The van der Waals surface area contributed by atoms with Crippen molar-refractivity contribution in [1.82, 2.24) is 5.32 Å². The van der Waals surface area contributed by atoms with Crippen LogP contribution in [-0.2, 0) is 4.74 Å². The summed E-state index contributed by atoms with van der Waals surface area (Å²) >= 11 is 0. The number of halogens is 1. The Bertz CT molecular complexity index is 228. The molecule has 18 heavy (non-hydrogen) atoms. The monoisotopic (exact) mass is 369 g/mol. The minimum atomic E-state index is 0. The first-order chi connectivity index (χ1) is 8.18. The smallest absolute Gasteiger partial charge is 0.188 e. The summed E-state index contributed by atoms with van der Waals surface area (Å²) in [5.41, 5.74) is 5.78. The van der Waals surface area contributed by atoms with Crippen molar-refractivity contribution in [3.8, 4) is 0 Å². The van der Waals surface area contributed by atoms with E-state index in [0.29, 0.717) is 12.5 Å². The molecule has 1 rings (SSSR count). The molecule has 1 aliphatic rings. The van der Waals surface area contributed by atoms with Crippen molar-refractivity contribution in [2.45, 2.75) is 52.1 Å². The van der Waals surface area contributed by atoms with Gasteiger partial charge in [0.25, 0.3) is 0 Å². The molecular weight excluding hydrogens is 341 g/mol. The van der Waals surface area contributed by atoms with Crippen LogP contribution in [0.15, 0.2) is 4.99 Å². The number of nitrogens with two attached hydrogens (primary N) is 1. The van der Waals surface area contributed by atoms with Gasteiger partial charge >= 0.3 is 0 Å². The van der Waals surface area contributed by atoms with Crippen molar-refractivity contribution in [2.24, 2.45) is 16.6 Å². The zero-order valence-corrected chi connectivity index (χ0v) is 14.0. The summed E-state index contributed by atoms with van der Waals surface area (Å²) in [6, 6.07) is 0. The van der Waals surface area contributed by atoms with E-state index >= 15 is 0 Å². The Morgan fingerprint density at radius 2 is 2.22 bits per heavy atom. The van der Waals surface area contributed by atoms with Gasteiger partial charge in [-0.25, -0.2) is 0 Å². The molecule has 0 aromatic carbocycles. The Morgan fingerprint density at radius 1 is 1.44 bits per heavy atom. The minimum absolute atomic E-state index is 0. The molecule has 3 N–H and O–H groups in total. The van der Waals surface area contributed by atoms with Crippen LogP contribution in [0.1, 0.15) is 46.0 Å². The lowest BCUT2D eigenvalue weighted by molar-refractivity contribution is 0.118. The first-order valence-electron chi connectivity index (χ1n) is 6.84. The summed E-state index contributed by atoms with van der Waals surface area (Å²) in [7, 11) is 0. The lowest BCUT2D eigenvalue weighted by atomic mass is 10.1. The van der Waals surface area contributed by atoms with Crippen LogP contribution in [-0.4, -0.2) is 31.8 Å². The summed E-state index contributed by atoms with van der Waals surface area (Å²) in [6.07, 6.45) is 6.26. The van der Waals surface area contributed by atoms with Gasteiger partial charge in [0.05, 0.1) is 12.6 Å². The molecule has 0 spiro atoms. The van der Waals surface area contributed by atoms with E-state index in [1.807, 2.05) is 0 Å². The maximum Gasteiger partial charge on any atom is 0.188 e. The number of aliphatic imine (C=N–C) groups is 1. The van der Waals surface area contributed by atoms with Gasteiger partial charge in [-0.3, -0.25) is 4.99 Å². The zero-order chi connectivity index (χ0) is 12.5. The van der Waals surface area contributed by atoms with Crippen LogP contribution in [0.2, 0.25) is 0 Å². The molecule has 1 unspecified atom stereocenters. The summed E-state index contributed by atoms with van der Waals surface area (Å²) in [5, 5.41) is 3.15. The minimum Gasteiger partial charge on any atom is -0.376 e. The Morgan fingerprint density at radius 3 is 2.83 bits per heavy atom. The van der Waals surface area contributed by atoms with E-state index < -0.39 is 0 Å². The molecule has 1 atom stereocenters. The largest absolute Gasteiger partial charge is 0.376 e. The van der Waals surface area contributed by atoms with Crippen LogP contribution in [0.5, 0.6) is 0 Å². The van der Waals surface area contributed by atoms with E-state index in [4.69, 9.17) is 10.5 Å². The summed E-state index contributed by atoms with van der Waals surface area (Å²) in [4.78, 5) is 4.30. The average molecular weight is 369 g/mol. The predicted molar refractivity (Wildman–Crippen MR) is 87.6 cm³/mol. The van der Waals surface area contributed by atoms with Gasteiger partial charge in [0.2, 0.25) is 0 Å². The topological polar surface area (TPSA) is 59.6 Å². The van der Waals surface area contributed by atoms with Crippen LogP contribution in [0, 0.1) is 5.92 Å². The van der Waals surface area contributed by atoms with Gasteiger partial charge in [-0.2, -0.15) is 0 Å². The van der Waals surface area contributed by atoms with E-state index in [1.165, 1.54) is 12.8 Å². The first-order valence-corrected chi connectivity index (χ1v) is 6.84. The fourth-order valence-electron chi connectivity index (χ4n) is 1.94. The molecule has 1 aliphatic heterocycles. The summed E-state index contributed by atoms with van der Waals surface area (Å²) < 4.78 is 5.48. The van der Waals surface area contributed by atoms with E-state index in [0.717, 1.165) is 38.3 Å². The highest BCUT2D eigenvalue weighted by molar-refractivity contribution is 14.0. The summed E-state index contributed by atoms with van der Waals surface area (Å²) in [5.74, 6) is 1.35. The summed E-state index contributed by atoms with van der Waals surface area (Å²) in [6.45, 7) is 7.01. The second-order valence-electron chi connectivity index (χ2n) is 5.18. The third-order valence-corrected chi connectivity index (χ3v) is 3.00. The lowest BCUT2D eigenvalue weighted by Gasteiger charge is -2.08. The van der Waals surface area contributed by atoms with Gasteiger partial charge in [0.15, 0.2) is 5.96 Å². The highest BCUT2D eigenvalue weighted by Gasteiger charge is 2.14. The van der Waals surface area contributed by atoms with E-state index in [-0.39, 0.29) is 30.1 Å². The number of nitrogens with zero attached hydrogens (tertiary/aromatic N) is 1. The Labute approximate surface area is 128 Å².